The molecule has 0 aliphatic rings. The molecule has 1 aromatic rings. The minimum atomic E-state index is -0.260. The fourth-order valence-electron chi connectivity index (χ4n) is 2.06. The number of hydrogen-bond donors (Lipinski definition) is 2. The van der Waals surface area contributed by atoms with Crippen LogP contribution in [0.4, 0.5) is 0 Å². The van der Waals surface area contributed by atoms with Gasteiger partial charge >= 0.3 is 5.97 Å². The minimum absolute atomic E-state index is 0.0261. The smallest absolute Gasteiger partial charge is 0.310 e. The van der Waals surface area contributed by atoms with Gasteiger partial charge in [-0.25, -0.2) is 4.99 Å². The highest BCUT2D eigenvalue weighted by Gasteiger charge is 2.13. The molecule has 0 aliphatic carbocycles. The minimum Gasteiger partial charge on any atom is -0.469 e. The number of carbonyl (C=O) groups excluding carboxylic acids is 2. The van der Waals surface area contributed by atoms with Crippen LogP contribution in [0.15, 0.2) is 29.3 Å². The van der Waals surface area contributed by atoms with Gasteiger partial charge in [0.1, 0.15) is 0 Å². The molecule has 138 valence electrons. The average Bonchev–Trinajstić information content (AvgIpc) is 2.62. The Morgan fingerprint density at radius 1 is 1.20 bits per heavy atom. The fourth-order valence-corrected chi connectivity index (χ4v) is 2.06. The SMILES string of the molecule is CCNC(=NCc1ccc(C(=O)N(C)C)cc1)NCC(C)C(=O)OC. The van der Waals surface area contributed by atoms with Crippen molar-refractivity contribution in [3.05, 3.63) is 35.4 Å². The number of carbonyl (C=O) groups is 2. The molecule has 0 aromatic heterocycles. The first-order valence-corrected chi connectivity index (χ1v) is 8.29. The number of hydrogen-bond acceptors (Lipinski definition) is 4. The van der Waals surface area contributed by atoms with E-state index >= 15 is 0 Å². The molecule has 0 aliphatic heterocycles. The standard InChI is InChI=1S/C18H28N4O3/c1-6-19-18(20-11-13(2)17(24)25-5)21-12-14-7-9-15(10-8-14)16(23)22(3)4/h7-10,13H,6,11-12H2,1-5H3,(H2,19,20,21). The highest BCUT2D eigenvalue weighted by Crippen LogP contribution is 2.07. The second kappa shape index (κ2) is 10.3. The zero-order valence-electron chi connectivity index (χ0n) is 15.6. The summed E-state index contributed by atoms with van der Waals surface area (Å²) in [5.74, 6) is 0.0863. The number of esters is 1. The van der Waals surface area contributed by atoms with Crippen molar-refractivity contribution in [3.63, 3.8) is 0 Å². The summed E-state index contributed by atoms with van der Waals surface area (Å²) in [7, 11) is 4.83. The topological polar surface area (TPSA) is 83.0 Å². The van der Waals surface area contributed by atoms with E-state index in [0.717, 1.165) is 5.56 Å². The Balaban J connectivity index is 2.67. The van der Waals surface area contributed by atoms with Crippen LogP contribution in [0.1, 0.15) is 29.8 Å². The van der Waals surface area contributed by atoms with E-state index in [1.807, 2.05) is 19.1 Å². The fraction of sp³-hybridized carbons (Fsp3) is 0.500. The molecule has 0 saturated heterocycles. The zero-order valence-corrected chi connectivity index (χ0v) is 15.6. The largest absolute Gasteiger partial charge is 0.469 e. The monoisotopic (exact) mass is 348 g/mol. The van der Waals surface area contributed by atoms with Crippen molar-refractivity contribution in [2.24, 2.45) is 10.9 Å². The van der Waals surface area contributed by atoms with Crippen LogP contribution in [0, 0.1) is 5.92 Å². The van der Waals surface area contributed by atoms with Gasteiger partial charge in [-0.15, -0.1) is 0 Å². The van der Waals surface area contributed by atoms with Crippen LogP contribution in [-0.4, -0.2) is 57.0 Å². The predicted molar refractivity (Wildman–Crippen MR) is 98.5 cm³/mol. The van der Waals surface area contributed by atoms with Gasteiger partial charge in [0.15, 0.2) is 5.96 Å². The lowest BCUT2D eigenvalue weighted by atomic mass is 10.1. The average molecular weight is 348 g/mol. The van der Waals surface area contributed by atoms with Crippen LogP contribution >= 0.6 is 0 Å². The molecule has 0 saturated carbocycles. The quantitative estimate of drug-likeness (QED) is 0.440. The lowest BCUT2D eigenvalue weighted by Gasteiger charge is -2.14. The Morgan fingerprint density at radius 3 is 2.36 bits per heavy atom. The van der Waals surface area contributed by atoms with Gasteiger partial charge in [-0.05, 0) is 24.6 Å². The molecule has 0 radical (unpaired) electrons. The third kappa shape index (κ3) is 6.82. The van der Waals surface area contributed by atoms with E-state index in [1.54, 1.807) is 38.1 Å². The lowest BCUT2D eigenvalue weighted by molar-refractivity contribution is -0.144. The number of benzene rings is 1. The van der Waals surface area contributed by atoms with E-state index in [-0.39, 0.29) is 17.8 Å². The van der Waals surface area contributed by atoms with Gasteiger partial charge < -0.3 is 20.3 Å². The second-order valence-corrected chi connectivity index (χ2v) is 5.90. The van der Waals surface area contributed by atoms with E-state index in [9.17, 15) is 9.59 Å². The van der Waals surface area contributed by atoms with E-state index in [2.05, 4.69) is 15.6 Å². The summed E-state index contributed by atoms with van der Waals surface area (Å²) in [5, 5.41) is 6.26. The summed E-state index contributed by atoms with van der Waals surface area (Å²) in [6.45, 7) is 5.40. The highest BCUT2D eigenvalue weighted by atomic mass is 16.5. The number of nitrogens with one attached hydrogen (secondary N) is 2. The number of ether oxygens (including phenoxy) is 1. The third-order valence-corrected chi connectivity index (χ3v) is 3.55. The van der Waals surface area contributed by atoms with E-state index < -0.39 is 0 Å². The van der Waals surface area contributed by atoms with Gasteiger partial charge in [0.25, 0.3) is 5.91 Å². The van der Waals surface area contributed by atoms with Crippen LogP contribution in [-0.2, 0) is 16.1 Å². The Kier molecular flexibility index (Phi) is 8.46. The van der Waals surface area contributed by atoms with Crippen LogP contribution < -0.4 is 10.6 Å². The van der Waals surface area contributed by atoms with E-state index in [0.29, 0.717) is 31.2 Å². The maximum absolute atomic E-state index is 11.9. The molecule has 25 heavy (non-hydrogen) atoms. The normalized spacial score (nSPS) is 12.3. The molecule has 1 unspecified atom stereocenters. The summed E-state index contributed by atoms with van der Waals surface area (Å²) >= 11 is 0. The first-order chi connectivity index (χ1) is 11.9. The van der Waals surface area contributed by atoms with Gasteiger partial charge in [0.05, 0.1) is 19.6 Å². The molecule has 7 heteroatoms. The maximum Gasteiger partial charge on any atom is 0.310 e. The highest BCUT2D eigenvalue weighted by molar-refractivity contribution is 5.93. The molecule has 2 N–H and O–H groups in total. The summed E-state index contributed by atoms with van der Waals surface area (Å²) in [5.41, 5.74) is 1.64. The van der Waals surface area contributed by atoms with Crippen molar-refractivity contribution in [1.82, 2.24) is 15.5 Å². The van der Waals surface area contributed by atoms with E-state index in [4.69, 9.17) is 4.74 Å². The van der Waals surface area contributed by atoms with Crippen LogP contribution in [0.3, 0.4) is 0 Å². The molecule has 1 aromatic carbocycles. The second-order valence-electron chi connectivity index (χ2n) is 5.90. The molecule has 1 amide bonds. The van der Waals surface area contributed by atoms with Gasteiger partial charge in [-0.1, -0.05) is 19.1 Å². The summed E-state index contributed by atoms with van der Waals surface area (Å²) in [6.07, 6.45) is 0. The van der Waals surface area contributed by atoms with Crippen molar-refractivity contribution in [1.29, 1.82) is 0 Å². The predicted octanol–water partition coefficient (Wildman–Crippen LogP) is 1.25. The molecular weight excluding hydrogens is 320 g/mol. The van der Waals surface area contributed by atoms with Crippen molar-refractivity contribution in [2.45, 2.75) is 20.4 Å². The number of methoxy groups -OCH3 is 1. The van der Waals surface area contributed by atoms with Crippen molar-refractivity contribution >= 4 is 17.8 Å². The Bertz CT molecular complexity index is 597. The molecular formula is C18H28N4O3. The number of nitrogens with zero attached hydrogens (tertiary/aromatic N) is 2. The molecule has 1 atom stereocenters. The Hall–Kier alpha value is -2.57. The van der Waals surface area contributed by atoms with Gasteiger partial charge in [0.2, 0.25) is 0 Å². The van der Waals surface area contributed by atoms with Gasteiger partial charge in [-0.3, -0.25) is 9.59 Å². The lowest BCUT2D eigenvalue weighted by Crippen LogP contribution is -2.40. The molecule has 0 bridgehead atoms. The molecule has 1 rings (SSSR count). The first-order valence-electron chi connectivity index (χ1n) is 8.29. The zero-order chi connectivity index (χ0) is 18.8. The number of aliphatic imine (C=N–C) groups is 1. The van der Waals surface area contributed by atoms with Gasteiger partial charge in [-0.2, -0.15) is 0 Å². The first kappa shape index (κ1) is 20.5. The molecule has 0 heterocycles. The summed E-state index contributed by atoms with van der Waals surface area (Å²) in [4.78, 5) is 29.4. The Labute approximate surface area is 149 Å². The molecule has 0 spiro atoms. The Morgan fingerprint density at radius 2 is 1.84 bits per heavy atom. The number of rotatable bonds is 7. The van der Waals surface area contributed by atoms with Crippen molar-refractivity contribution in [2.75, 3.05) is 34.3 Å². The van der Waals surface area contributed by atoms with Crippen molar-refractivity contribution < 1.29 is 14.3 Å². The van der Waals surface area contributed by atoms with E-state index in [1.165, 1.54) is 7.11 Å². The summed E-state index contributed by atoms with van der Waals surface area (Å²) < 4.78 is 4.71. The third-order valence-electron chi connectivity index (χ3n) is 3.55. The maximum atomic E-state index is 11.9. The summed E-state index contributed by atoms with van der Waals surface area (Å²) in [6, 6.07) is 7.38. The molecule has 0 fully saturated rings. The number of amides is 1. The van der Waals surface area contributed by atoms with Gasteiger partial charge in [0, 0.05) is 32.7 Å². The van der Waals surface area contributed by atoms with Crippen molar-refractivity contribution in [3.8, 4) is 0 Å². The van der Waals surface area contributed by atoms with Crippen LogP contribution in [0.25, 0.3) is 0 Å². The van der Waals surface area contributed by atoms with Crippen LogP contribution in [0.2, 0.25) is 0 Å². The molecule has 7 nitrogen and oxygen atoms in total. The number of guanidine groups is 1. The van der Waals surface area contributed by atoms with Crippen LogP contribution in [0.5, 0.6) is 0 Å².